The summed E-state index contributed by atoms with van der Waals surface area (Å²) < 4.78 is 27.7. The summed E-state index contributed by atoms with van der Waals surface area (Å²) >= 11 is 0. The fourth-order valence-corrected chi connectivity index (χ4v) is 5.60. The van der Waals surface area contributed by atoms with Crippen LogP contribution in [0, 0.1) is 23.5 Å². The number of dihydropyridines is 1. The Balaban J connectivity index is 1.72. The number of aliphatic hydroxyl groups excluding tert-OH is 1. The summed E-state index contributed by atoms with van der Waals surface area (Å²) in [7, 11) is 0. The van der Waals surface area contributed by atoms with Crippen LogP contribution in [0.15, 0.2) is 60.2 Å². The first-order chi connectivity index (χ1) is 19.4. The summed E-state index contributed by atoms with van der Waals surface area (Å²) in [6, 6.07) is 12.1. The van der Waals surface area contributed by atoms with Crippen LogP contribution in [-0.2, 0) is 0 Å². The van der Waals surface area contributed by atoms with Crippen molar-refractivity contribution in [2.45, 2.75) is 91.6 Å². The van der Waals surface area contributed by atoms with Crippen LogP contribution in [0.3, 0.4) is 0 Å². The number of nitrogens with zero attached hydrogens (tertiary/aromatic N) is 1. The van der Waals surface area contributed by atoms with Crippen LogP contribution in [0.4, 0.5) is 14.5 Å². The van der Waals surface area contributed by atoms with Crippen molar-refractivity contribution in [3.63, 3.8) is 0 Å². The SMILES string of the molecule is CCCCC(CC)CN(CC(CC)CCCC)c1ccc(C(O)CC2=CCNC(c3ccc(F)cc3F)=C2)cc1. The van der Waals surface area contributed by atoms with Crippen LogP contribution >= 0.6 is 0 Å². The van der Waals surface area contributed by atoms with Crippen LogP contribution in [0.1, 0.15) is 103 Å². The van der Waals surface area contributed by atoms with E-state index in [1.54, 1.807) is 0 Å². The van der Waals surface area contributed by atoms with Gasteiger partial charge in [0.2, 0.25) is 0 Å². The zero-order valence-electron chi connectivity index (χ0n) is 25.1. The molecule has 0 spiro atoms. The fraction of sp³-hybridized carbons (Fsp3) is 0.543. The highest BCUT2D eigenvalue weighted by Gasteiger charge is 2.19. The lowest BCUT2D eigenvalue weighted by Crippen LogP contribution is -2.34. The number of benzene rings is 2. The van der Waals surface area contributed by atoms with Gasteiger partial charge in [-0.3, -0.25) is 0 Å². The number of aliphatic hydroxyl groups is 1. The zero-order valence-corrected chi connectivity index (χ0v) is 25.1. The topological polar surface area (TPSA) is 35.5 Å². The van der Waals surface area contributed by atoms with Crippen molar-refractivity contribution >= 4 is 11.4 Å². The second kappa shape index (κ2) is 16.6. The average molecular weight is 553 g/mol. The number of hydrogen-bond acceptors (Lipinski definition) is 3. The standard InChI is InChI=1S/C35H50F2N2O/c1-5-9-11-26(7-3)24-39(25-27(8-4)12-10-6-2)31-16-13-29(14-17-31)35(40)22-28-19-20-38-34(21-28)32-18-15-30(36)23-33(32)37/h13-19,21,23,26-27,35,38,40H,5-12,20,22,24-25H2,1-4H3. The molecule has 1 aliphatic rings. The maximum absolute atomic E-state index is 14.3. The van der Waals surface area contributed by atoms with Gasteiger partial charge in [0, 0.05) is 49.1 Å². The van der Waals surface area contributed by atoms with E-state index in [9.17, 15) is 13.9 Å². The zero-order chi connectivity index (χ0) is 28.9. The maximum Gasteiger partial charge on any atom is 0.135 e. The van der Waals surface area contributed by atoms with Crippen LogP contribution in [0.2, 0.25) is 0 Å². The number of halogens is 2. The van der Waals surface area contributed by atoms with Crippen LogP contribution in [-0.4, -0.2) is 24.7 Å². The number of hydrogen-bond donors (Lipinski definition) is 2. The van der Waals surface area contributed by atoms with Crippen LogP contribution < -0.4 is 10.2 Å². The van der Waals surface area contributed by atoms with Gasteiger partial charge in [0.15, 0.2) is 0 Å². The summed E-state index contributed by atoms with van der Waals surface area (Å²) in [4.78, 5) is 2.59. The Morgan fingerprint density at radius 1 is 0.875 bits per heavy atom. The molecule has 2 aromatic carbocycles. The monoisotopic (exact) mass is 552 g/mol. The molecule has 0 amide bonds. The predicted molar refractivity (Wildman–Crippen MR) is 165 cm³/mol. The van der Waals surface area contributed by atoms with Gasteiger partial charge in [0.25, 0.3) is 0 Å². The van der Waals surface area contributed by atoms with Crippen LogP contribution in [0.25, 0.3) is 5.70 Å². The molecule has 0 aliphatic carbocycles. The van der Waals surface area contributed by atoms with Crippen molar-refractivity contribution in [3.05, 3.63) is 83.0 Å². The van der Waals surface area contributed by atoms with E-state index in [0.29, 0.717) is 36.1 Å². The Morgan fingerprint density at radius 2 is 1.50 bits per heavy atom. The van der Waals surface area contributed by atoms with Gasteiger partial charge in [-0.15, -0.1) is 0 Å². The minimum atomic E-state index is -0.664. The summed E-state index contributed by atoms with van der Waals surface area (Å²) in [5.74, 6) is 0.184. The molecule has 40 heavy (non-hydrogen) atoms. The Labute approximate surface area is 241 Å². The van der Waals surface area contributed by atoms with Gasteiger partial charge in [-0.2, -0.15) is 0 Å². The largest absolute Gasteiger partial charge is 0.388 e. The molecule has 3 atom stereocenters. The molecule has 0 aromatic heterocycles. The van der Waals surface area contributed by atoms with Gasteiger partial charge >= 0.3 is 0 Å². The molecule has 220 valence electrons. The minimum Gasteiger partial charge on any atom is -0.388 e. The van der Waals surface area contributed by atoms with Crippen LogP contribution in [0.5, 0.6) is 0 Å². The number of rotatable bonds is 17. The predicted octanol–water partition coefficient (Wildman–Crippen LogP) is 9.20. The van der Waals surface area contributed by atoms with E-state index in [1.165, 1.54) is 69.2 Å². The third-order valence-corrected chi connectivity index (χ3v) is 8.32. The smallest absolute Gasteiger partial charge is 0.135 e. The van der Waals surface area contributed by atoms with Gasteiger partial charge in [-0.25, -0.2) is 8.78 Å². The molecule has 1 heterocycles. The maximum atomic E-state index is 14.3. The van der Waals surface area contributed by atoms with E-state index in [-0.39, 0.29) is 0 Å². The van der Waals surface area contributed by atoms with E-state index < -0.39 is 17.7 Å². The molecule has 3 unspecified atom stereocenters. The second-order valence-electron chi connectivity index (χ2n) is 11.4. The summed E-state index contributed by atoms with van der Waals surface area (Å²) in [6.07, 6.45) is 13.6. The Bertz CT molecular complexity index is 1080. The van der Waals surface area contributed by atoms with E-state index in [4.69, 9.17) is 0 Å². The third kappa shape index (κ3) is 9.47. The Hall–Kier alpha value is -2.66. The highest BCUT2D eigenvalue weighted by Crippen LogP contribution is 2.29. The third-order valence-electron chi connectivity index (χ3n) is 8.32. The quantitative estimate of drug-likeness (QED) is 0.205. The Morgan fingerprint density at radius 3 is 2.05 bits per heavy atom. The molecule has 0 saturated carbocycles. The molecule has 1 aliphatic heterocycles. The van der Waals surface area contributed by atoms with Gasteiger partial charge in [-0.05, 0) is 66.2 Å². The van der Waals surface area contributed by atoms with Crippen molar-refractivity contribution in [2.24, 2.45) is 11.8 Å². The molecular formula is C35H50F2N2O. The molecule has 3 rings (SSSR count). The lowest BCUT2D eigenvalue weighted by atomic mass is 9.94. The normalized spacial score (nSPS) is 15.6. The molecule has 0 radical (unpaired) electrons. The first-order valence-corrected chi connectivity index (χ1v) is 15.5. The fourth-order valence-electron chi connectivity index (χ4n) is 5.60. The van der Waals surface area contributed by atoms with Gasteiger partial charge in [0.05, 0.1) is 6.10 Å². The second-order valence-corrected chi connectivity index (χ2v) is 11.4. The first-order valence-electron chi connectivity index (χ1n) is 15.5. The van der Waals surface area contributed by atoms with Crippen molar-refractivity contribution < 1.29 is 13.9 Å². The lowest BCUT2D eigenvalue weighted by molar-refractivity contribution is 0.179. The van der Waals surface area contributed by atoms with E-state index in [2.05, 4.69) is 62.2 Å². The van der Waals surface area contributed by atoms with E-state index in [1.807, 2.05) is 12.2 Å². The molecule has 0 saturated heterocycles. The number of anilines is 1. The molecule has 0 bridgehead atoms. The molecule has 2 aromatic rings. The van der Waals surface area contributed by atoms with E-state index >= 15 is 0 Å². The summed E-state index contributed by atoms with van der Waals surface area (Å²) in [6.45, 7) is 11.8. The minimum absolute atomic E-state index is 0.333. The summed E-state index contributed by atoms with van der Waals surface area (Å²) in [5, 5.41) is 14.2. The average Bonchev–Trinajstić information content (AvgIpc) is 2.96. The molecular weight excluding hydrogens is 502 g/mol. The van der Waals surface area contributed by atoms with Gasteiger partial charge in [-0.1, -0.05) is 84.4 Å². The first kappa shape index (κ1) is 31.9. The highest BCUT2D eigenvalue weighted by atomic mass is 19.1. The number of nitrogens with one attached hydrogen (secondary N) is 1. The van der Waals surface area contributed by atoms with Crippen molar-refractivity contribution in [3.8, 4) is 0 Å². The number of unbranched alkanes of at least 4 members (excludes halogenated alkanes) is 2. The van der Waals surface area contributed by atoms with Gasteiger partial charge < -0.3 is 15.3 Å². The van der Waals surface area contributed by atoms with Crippen molar-refractivity contribution in [2.75, 3.05) is 24.5 Å². The van der Waals surface area contributed by atoms with Gasteiger partial charge in [0.1, 0.15) is 11.6 Å². The number of allylic oxidation sites excluding steroid dienone is 1. The Kier molecular flexibility index (Phi) is 13.2. The molecule has 3 nitrogen and oxygen atoms in total. The highest BCUT2D eigenvalue weighted by molar-refractivity contribution is 5.68. The molecule has 2 N–H and O–H groups in total. The lowest BCUT2D eigenvalue weighted by Gasteiger charge is -2.33. The van der Waals surface area contributed by atoms with E-state index in [0.717, 1.165) is 30.3 Å². The molecule has 0 fully saturated rings. The van der Waals surface area contributed by atoms with Crippen molar-refractivity contribution in [1.82, 2.24) is 5.32 Å². The molecule has 5 heteroatoms. The van der Waals surface area contributed by atoms with Crippen molar-refractivity contribution in [1.29, 1.82) is 0 Å². The summed E-state index contributed by atoms with van der Waals surface area (Å²) in [5.41, 5.74) is 3.98.